The number of nitrogen functional groups attached to an aromatic ring is 2. The summed E-state index contributed by atoms with van der Waals surface area (Å²) in [6.45, 7) is 1.42. The fraction of sp³-hybridized carbons (Fsp3) is 0.174. The fourth-order valence-corrected chi connectivity index (χ4v) is 3.58. The number of rotatable bonds is 7. The van der Waals surface area contributed by atoms with Crippen LogP contribution in [0.15, 0.2) is 48.7 Å². The molecule has 0 atom stereocenters. The first-order valence-electron chi connectivity index (χ1n) is 9.92. The van der Waals surface area contributed by atoms with Crippen LogP contribution < -0.4 is 16.2 Å². The monoisotopic (exact) mass is 437 g/mol. The number of aromatic nitrogens is 3. The maximum absolute atomic E-state index is 13.9. The molecule has 7 nitrogen and oxygen atoms in total. The van der Waals surface area contributed by atoms with Crippen molar-refractivity contribution < 1.29 is 18.3 Å². The highest BCUT2D eigenvalue weighted by Crippen LogP contribution is 2.25. The molecule has 0 radical (unpaired) electrons. The minimum atomic E-state index is -0.690. The molecule has 0 saturated carbocycles. The Hall–Kier alpha value is -4.01. The number of halogens is 2. The van der Waals surface area contributed by atoms with E-state index in [0.717, 1.165) is 5.56 Å². The number of aryl methyl sites for hydroxylation is 2. The van der Waals surface area contributed by atoms with Gasteiger partial charge in [0.2, 0.25) is 0 Å². The van der Waals surface area contributed by atoms with Crippen molar-refractivity contribution in [3.05, 3.63) is 82.8 Å². The highest BCUT2D eigenvalue weighted by Gasteiger charge is 2.19. The molecule has 0 unspecified atom stereocenters. The maximum Gasteiger partial charge on any atom is 0.181 e. The van der Waals surface area contributed by atoms with Gasteiger partial charge in [-0.2, -0.15) is 0 Å². The van der Waals surface area contributed by atoms with Gasteiger partial charge < -0.3 is 16.2 Å². The van der Waals surface area contributed by atoms with Crippen LogP contribution >= 0.6 is 0 Å². The molecular weight excluding hydrogens is 416 g/mol. The maximum atomic E-state index is 13.9. The number of hydrogen-bond acceptors (Lipinski definition) is 6. The van der Waals surface area contributed by atoms with Crippen molar-refractivity contribution in [1.82, 2.24) is 14.4 Å². The zero-order valence-corrected chi connectivity index (χ0v) is 17.3. The molecular formula is C23H21F2N5O2. The summed E-state index contributed by atoms with van der Waals surface area (Å²) in [5.41, 5.74) is 13.4. The lowest BCUT2D eigenvalue weighted by Crippen LogP contribution is -2.08. The van der Waals surface area contributed by atoms with Crippen LogP contribution in [0.25, 0.3) is 5.65 Å². The Bertz CT molecular complexity index is 1280. The van der Waals surface area contributed by atoms with E-state index in [4.69, 9.17) is 16.2 Å². The molecule has 164 valence electrons. The summed E-state index contributed by atoms with van der Waals surface area (Å²) in [6.07, 6.45) is 2.34. The van der Waals surface area contributed by atoms with Gasteiger partial charge in [-0.25, -0.2) is 18.7 Å². The number of carbonyl (C=O) groups is 1. The van der Waals surface area contributed by atoms with E-state index in [0.29, 0.717) is 40.8 Å². The van der Waals surface area contributed by atoms with Gasteiger partial charge in [-0.05, 0) is 55.3 Å². The zero-order valence-electron chi connectivity index (χ0n) is 17.3. The van der Waals surface area contributed by atoms with Crippen molar-refractivity contribution in [2.45, 2.75) is 26.4 Å². The normalized spacial score (nSPS) is 11.1. The zero-order chi connectivity index (χ0) is 22.8. The van der Waals surface area contributed by atoms with Crippen LogP contribution in [0.4, 0.5) is 20.4 Å². The van der Waals surface area contributed by atoms with E-state index in [9.17, 15) is 13.6 Å². The topological polar surface area (TPSA) is 109 Å². The highest BCUT2D eigenvalue weighted by atomic mass is 19.1. The van der Waals surface area contributed by atoms with Crippen molar-refractivity contribution in [3.8, 4) is 5.75 Å². The number of fused-ring (bicyclic) bond motifs is 1. The molecule has 1 aromatic carbocycles. The number of nitrogens with zero attached hydrogens (tertiary/aromatic N) is 3. The molecule has 0 saturated heterocycles. The molecule has 0 aliphatic carbocycles. The minimum Gasteiger partial charge on any atom is -0.485 e. The van der Waals surface area contributed by atoms with Crippen molar-refractivity contribution in [3.63, 3.8) is 0 Å². The predicted molar refractivity (Wildman–Crippen MR) is 116 cm³/mol. The molecule has 4 aromatic rings. The van der Waals surface area contributed by atoms with Gasteiger partial charge in [-0.15, -0.1) is 0 Å². The van der Waals surface area contributed by atoms with Crippen LogP contribution in [-0.2, 0) is 13.0 Å². The number of nitrogens with two attached hydrogens (primary N) is 2. The average molecular weight is 437 g/mol. The van der Waals surface area contributed by atoms with Crippen molar-refractivity contribution in [1.29, 1.82) is 0 Å². The Morgan fingerprint density at radius 1 is 1.06 bits per heavy atom. The van der Waals surface area contributed by atoms with Crippen LogP contribution in [0, 0.1) is 18.6 Å². The summed E-state index contributed by atoms with van der Waals surface area (Å²) in [4.78, 5) is 21.4. The van der Waals surface area contributed by atoms with E-state index in [2.05, 4.69) is 9.97 Å². The first-order chi connectivity index (χ1) is 15.3. The standard InChI is InChI=1S/C23H21F2N5O2/c1-13-22(18(31)8-7-14-10-20(26)29-21(27)11-14)30-9-3-6-19(23(30)28-13)32-12-15-16(24)4-2-5-17(15)25/h2-6,9-11H,7-8,12H2,1H3,(H4,26,27,29). The number of ether oxygens (including phenoxy) is 1. The first kappa shape index (κ1) is 21.2. The van der Waals surface area contributed by atoms with Gasteiger partial charge in [0.1, 0.15) is 35.6 Å². The van der Waals surface area contributed by atoms with Crippen LogP contribution in [0.3, 0.4) is 0 Å². The third-order valence-corrected chi connectivity index (χ3v) is 5.05. The highest BCUT2D eigenvalue weighted by molar-refractivity contribution is 5.96. The van der Waals surface area contributed by atoms with Crippen molar-refractivity contribution in [2.75, 3.05) is 11.5 Å². The van der Waals surface area contributed by atoms with Crippen LogP contribution in [0.5, 0.6) is 5.75 Å². The van der Waals surface area contributed by atoms with E-state index >= 15 is 0 Å². The van der Waals surface area contributed by atoms with E-state index < -0.39 is 11.6 Å². The Kier molecular flexibility index (Phi) is 5.72. The van der Waals surface area contributed by atoms with Crippen LogP contribution in [0.2, 0.25) is 0 Å². The fourth-order valence-electron chi connectivity index (χ4n) is 3.58. The molecule has 0 aliphatic heterocycles. The average Bonchev–Trinajstić information content (AvgIpc) is 3.07. The van der Waals surface area contributed by atoms with E-state index in [1.54, 1.807) is 41.8 Å². The second-order valence-corrected chi connectivity index (χ2v) is 7.35. The summed E-state index contributed by atoms with van der Waals surface area (Å²) in [5, 5.41) is 0. The second kappa shape index (κ2) is 8.62. The lowest BCUT2D eigenvalue weighted by Gasteiger charge is -2.09. The summed E-state index contributed by atoms with van der Waals surface area (Å²) in [6, 6.07) is 10.3. The van der Waals surface area contributed by atoms with Gasteiger partial charge in [-0.1, -0.05) is 6.07 Å². The van der Waals surface area contributed by atoms with Gasteiger partial charge in [-0.3, -0.25) is 9.20 Å². The molecule has 4 rings (SSSR count). The largest absolute Gasteiger partial charge is 0.485 e. The van der Waals surface area contributed by atoms with Gasteiger partial charge in [0.25, 0.3) is 0 Å². The number of Topliss-reactive ketones (excluding diaryl/α,β-unsaturated/α-hetero) is 1. The number of imidazole rings is 1. The number of anilines is 2. The molecule has 3 heterocycles. The second-order valence-electron chi connectivity index (χ2n) is 7.35. The van der Waals surface area contributed by atoms with Gasteiger partial charge in [0, 0.05) is 12.6 Å². The Balaban J connectivity index is 1.57. The third kappa shape index (κ3) is 4.22. The minimum absolute atomic E-state index is 0.124. The van der Waals surface area contributed by atoms with E-state index in [1.165, 1.54) is 18.2 Å². The smallest absolute Gasteiger partial charge is 0.181 e. The van der Waals surface area contributed by atoms with Crippen LogP contribution in [-0.4, -0.2) is 20.2 Å². The number of ketones is 1. The summed E-state index contributed by atoms with van der Waals surface area (Å²) < 4.78 is 35.1. The van der Waals surface area contributed by atoms with Gasteiger partial charge in [0.15, 0.2) is 17.2 Å². The van der Waals surface area contributed by atoms with E-state index in [1.807, 2.05) is 0 Å². The Morgan fingerprint density at radius 3 is 2.44 bits per heavy atom. The lowest BCUT2D eigenvalue weighted by molar-refractivity contribution is 0.0976. The van der Waals surface area contributed by atoms with Crippen molar-refractivity contribution >= 4 is 23.1 Å². The summed E-state index contributed by atoms with van der Waals surface area (Å²) in [7, 11) is 0. The molecule has 0 bridgehead atoms. The lowest BCUT2D eigenvalue weighted by atomic mass is 10.1. The SMILES string of the molecule is Cc1nc2c(OCc3c(F)cccc3F)cccn2c1C(=O)CCc1cc(N)nc(N)c1. The van der Waals surface area contributed by atoms with Crippen molar-refractivity contribution in [2.24, 2.45) is 0 Å². The van der Waals surface area contributed by atoms with Gasteiger partial charge in [0.05, 0.1) is 11.3 Å². The van der Waals surface area contributed by atoms with Gasteiger partial charge >= 0.3 is 0 Å². The molecule has 3 aromatic heterocycles. The molecule has 0 aliphatic rings. The van der Waals surface area contributed by atoms with Crippen LogP contribution in [0.1, 0.15) is 33.7 Å². The van der Waals surface area contributed by atoms with E-state index in [-0.39, 0.29) is 24.4 Å². The molecule has 0 fully saturated rings. The number of carbonyl (C=O) groups excluding carboxylic acids is 1. The predicted octanol–water partition coefficient (Wildman–Crippen LogP) is 3.87. The number of hydrogen-bond donors (Lipinski definition) is 2. The summed E-state index contributed by atoms with van der Waals surface area (Å²) >= 11 is 0. The third-order valence-electron chi connectivity index (χ3n) is 5.05. The number of pyridine rings is 2. The first-order valence-corrected chi connectivity index (χ1v) is 9.92. The molecule has 4 N–H and O–H groups in total. The molecule has 0 spiro atoms. The quantitative estimate of drug-likeness (QED) is 0.425. The Labute approximate surface area is 182 Å². The Morgan fingerprint density at radius 2 is 1.75 bits per heavy atom. The molecule has 9 heteroatoms. The summed E-state index contributed by atoms with van der Waals surface area (Å²) in [5.74, 6) is -0.597. The molecule has 32 heavy (non-hydrogen) atoms. The molecule has 0 amide bonds. The number of benzene rings is 1.